The van der Waals surface area contributed by atoms with E-state index in [2.05, 4.69) is 61.5 Å². The Bertz CT molecular complexity index is 942. The highest BCUT2D eigenvalue weighted by molar-refractivity contribution is 5.41. The molecule has 0 bridgehead atoms. The summed E-state index contributed by atoms with van der Waals surface area (Å²) < 4.78 is 11.1. The second-order valence-corrected chi connectivity index (χ2v) is 8.44. The first-order chi connectivity index (χ1) is 16.1. The van der Waals surface area contributed by atoms with Crippen LogP contribution in [0, 0.1) is 11.3 Å². The fraction of sp³-hybridized carbons (Fsp3) is 0.522. The molecule has 1 aromatic carbocycles. The summed E-state index contributed by atoms with van der Waals surface area (Å²) in [6, 6.07) is 8.85. The van der Waals surface area contributed by atoms with Crippen LogP contribution in [-0.2, 0) is 11.3 Å². The third kappa shape index (κ3) is 6.37. The molecule has 3 atom stereocenters. The summed E-state index contributed by atoms with van der Waals surface area (Å²) in [5, 5.41) is 15.8. The zero-order chi connectivity index (χ0) is 23.0. The molecule has 33 heavy (non-hydrogen) atoms. The molecule has 0 spiro atoms. The molecular formula is C23H32N8O2. The maximum absolute atomic E-state index is 8.85. The number of hydrogen-bond acceptors (Lipinski definition) is 10. The molecule has 176 valence electrons. The van der Waals surface area contributed by atoms with Crippen LogP contribution < -0.4 is 26.2 Å². The lowest BCUT2D eigenvalue weighted by molar-refractivity contribution is 0.0343. The van der Waals surface area contributed by atoms with Crippen molar-refractivity contribution in [2.45, 2.75) is 38.1 Å². The first-order valence-electron chi connectivity index (χ1n) is 11.3. The average Bonchev–Trinajstić information content (AvgIpc) is 3.32. The maximum atomic E-state index is 8.85. The zero-order valence-electron chi connectivity index (χ0n) is 19.2. The predicted octanol–water partition coefficient (Wildman–Crippen LogP) is 1.14. The fourth-order valence-electron chi connectivity index (χ4n) is 4.17. The van der Waals surface area contributed by atoms with Crippen LogP contribution in [0.4, 0.5) is 5.82 Å². The number of methoxy groups -OCH3 is 1. The summed E-state index contributed by atoms with van der Waals surface area (Å²) >= 11 is 0. The van der Waals surface area contributed by atoms with Crippen LogP contribution in [0.2, 0.25) is 0 Å². The van der Waals surface area contributed by atoms with Crippen LogP contribution in [-0.4, -0.2) is 67.0 Å². The van der Waals surface area contributed by atoms with E-state index in [1.165, 1.54) is 11.8 Å². The number of rotatable bonds is 9. The highest BCUT2D eigenvalue weighted by Crippen LogP contribution is 2.31. The van der Waals surface area contributed by atoms with Gasteiger partial charge in [0.05, 0.1) is 44.9 Å². The molecule has 2 aromatic rings. The van der Waals surface area contributed by atoms with E-state index in [9.17, 15) is 0 Å². The number of nitriles is 1. The normalized spacial score (nSPS) is 22.0. The Kier molecular flexibility index (Phi) is 8.04. The number of nitrogens with one attached hydrogen (secondary N) is 4. The van der Waals surface area contributed by atoms with Gasteiger partial charge in [0.2, 0.25) is 0 Å². The van der Waals surface area contributed by atoms with E-state index >= 15 is 0 Å². The van der Waals surface area contributed by atoms with Gasteiger partial charge >= 0.3 is 0 Å². The molecule has 0 aliphatic carbocycles. The van der Waals surface area contributed by atoms with E-state index in [4.69, 9.17) is 14.7 Å². The molecule has 0 radical (unpaired) electrons. The molecule has 2 saturated heterocycles. The first-order valence-corrected chi connectivity index (χ1v) is 11.3. The molecule has 3 heterocycles. The van der Waals surface area contributed by atoms with Crippen LogP contribution in [0.5, 0.6) is 5.75 Å². The van der Waals surface area contributed by atoms with Gasteiger partial charge in [-0.15, -0.1) is 0 Å². The van der Waals surface area contributed by atoms with E-state index in [1.807, 2.05) is 6.07 Å². The molecule has 2 unspecified atom stereocenters. The van der Waals surface area contributed by atoms with Gasteiger partial charge in [-0.3, -0.25) is 4.90 Å². The quantitative estimate of drug-likeness (QED) is 0.441. The maximum Gasteiger partial charge on any atom is 0.158 e. The summed E-state index contributed by atoms with van der Waals surface area (Å²) in [6.45, 7) is 7.70. The highest BCUT2D eigenvalue weighted by Gasteiger charge is 2.27. The van der Waals surface area contributed by atoms with Crippen molar-refractivity contribution in [3.05, 3.63) is 47.4 Å². The summed E-state index contributed by atoms with van der Waals surface area (Å²) in [4.78, 5) is 10.7. The summed E-state index contributed by atoms with van der Waals surface area (Å²) in [5.74, 6) is 1.49. The molecule has 2 fully saturated rings. The minimum Gasteiger partial charge on any atom is -0.496 e. The first kappa shape index (κ1) is 23.4. The van der Waals surface area contributed by atoms with Gasteiger partial charge in [0, 0.05) is 44.2 Å². The van der Waals surface area contributed by atoms with Gasteiger partial charge in [0.15, 0.2) is 5.69 Å². The third-order valence-electron chi connectivity index (χ3n) is 5.96. The number of hydrogen-bond donors (Lipinski definition) is 4. The standard InChI is InChI=1S/C23H32N8O2/c1-16(15-31-5-7-33-8-6-31)25-12-17-3-4-19(21(9-17)32-2)20-10-22(30-29-20)28-23-14-26-18(11-24)13-27-23/h3-4,9,13-14,16,20,22,25,29-30H,5-8,10,12,15H2,1-2H3,(H,27,28)/t16-,20?,22?/m1/s1. The molecule has 2 aliphatic heterocycles. The van der Waals surface area contributed by atoms with Crippen molar-refractivity contribution in [2.75, 3.05) is 45.3 Å². The van der Waals surface area contributed by atoms with Gasteiger partial charge in [0.25, 0.3) is 0 Å². The van der Waals surface area contributed by atoms with Crippen LogP contribution in [0.25, 0.3) is 0 Å². The van der Waals surface area contributed by atoms with E-state index in [0.29, 0.717) is 17.6 Å². The highest BCUT2D eigenvalue weighted by atomic mass is 16.5. The molecule has 10 heteroatoms. The van der Waals surface area contributed by atoms with Crippen molar-refractivity contribution in [3.8, 4) is 11.8 Å². The lowest BCUT2D eigenvalue weighted by atomic mass is 10.0. The van der Waals surface area contributed by atoms with Crippen molar-refractivity contribution >= 4 is 5.82 Å². The SMILES string of the molecule is COc1cc(CN[C@H](C)CN2CCOCC2)ccc1C1CC(Nc2cnc(C#N)cn2)NN1. The number of hydrazine groups is 1. The van der Waals surface area contributed by atoms with Crippen molar-refractivity contribution in [1.82, 2.24) is 31.0 Å². The number of anilines is 1. The second kappa shape index (κ2) is 11.4. The smallest absolute Gasteiger partial charge is 0.158 e. The molecule has 4 N–H and O–H groups in total. The minimum atomic E-state index is -0.0238. The van der Waals surface area contributed by atoms with Gasteiger partial charge < -0.3 is 20.1 Å². The number of aromatic nitrogens is 2. The Morgan fingerprint density at radius 1 is 1.27 bits per heavy atom. The molecule has 4 rings (SSSR count). The Morgan fingerprint density at radius 3 is 2.85 bits per heavy atom. The van der Waals surface area contributed by atoms with Gasteiger partial charge in [-0.2, -0.15) is 5.26 Å². The Morgan fingerprint density at radius 2 is 2.12 bits per heavy atom. The number of nitrogens with zero attached hydrogens (tertiary/aromatic N) is 4. The minimum absolute atomic E-state index is 0.0238. The predicted molar refractivity (Wildman–Crippen MR) is 124 cm³/mol. The van der Waals surface area contributed by atoms with Gasteiger partial charge in [0.1, 0.15) is 17.6 Å². The largest absolute Gasteiger partial charge is 0.496 e. The second-order valence-electron chi connectivity index (χ2n) is 8.44. The summed E-state index contributed by atoms with van der Waals surface area (Å²) in [6.07, 6.45) is 3.80. The van der Waals surface area contributed by atoms with Crippen molar-refractivity contribution in [1.29, 1.82) is 5.26 Å². The van der Waals surface area contributed by atoms with Gasteiger partial charge in [-0.25, -0.2) is 20.8 Å². The van der Waals surface area contributed by atoms with Gasteiger partial charge in [-0.1, -0.05) is 12.1 Å². The summed E-state index contributed by atoms with van der Waals surface area (Å²) in [7, 11) is 1.71. The zero-order valence-corrected chi connectivity index (χ0v) is 19.2. The van der Waals surface area contributed by atoms with E-state index in [1.54, 1.807) is 13.3 Å². The number of benzene rings is 1. The monoisotopic (exact) mass is 452 g/mol. The molecule has 2 aliphatic rings. The van der Waals surface area contributed by atoms with E-state index in [-0.39, 0.29) is 12.2 Å². The van der Waals surface area contributed by atoms with Crippen molar-refractivity contribution in [2.24, 2.45) is 0 Å². The molecule has 0 amide bonds. The molecule has 1 aromatic heterocycles. The molecule has 10 nitrogen and oxygen atoms in total. The average molecular weight is 453 g/mol. The van der Waals surface area contributed by atoms with E-state index < -0.39 is 0 Å². The Balaban J connectivity index is 1.30. The van der Waals surface area contributed by atoms with Crippen LogP contribution in [0.1, 0.15) is 36.2 Å². The van der Waals surface area contributed by atoms with Crippen molar-refractivity contribution < 1.29 is 9.47 Å². The lowest BCUT2D eigenvalue weighted by Gasteiger charge is -2.29. The van der Waals surface area contributed by atoms with Crippen LogP contribution >= 0.6 is 0 Å². The number of ether oxygens (including phenoxy) is 2. The van der Waals surface area contributed by atoms with E-state index in [0.717, 1.165) is 57.1 Å². The molecular weight excluding hydrogens is 420 g/mol. The summed E-state index contributed by atoms with van der Waals surface area (Å²) in [5.41, 5.74) is 9.17. The van der Waals surface area contributed by atoms with Crippen LogP contribution in [0.3, 0.4) is 0 Å². The lowest BCUT2D eigenvalue weighted by Crippen LogP contribution is -2.44. The van der Waals surface area contributed by atoms with Crippen molar-refractivity contribution in [3.63, 3.8) is 0 Å². The topological polar surface area (TPSA) is 119 Å². The number of morpholine rings is 1. The van der Waals surface area contributed by atoms with Gasteiger partial charge in [-0.05, 0) is 18.6 Å². The van der Waals surface area contributed by atoms with Crippen LogP contribution in [0.15, 0.2) is 30.6 Å². The Hall–Kier alpha value is -2.81. The fourth-order valence-corrected chi connectivity index (χ4v) is 4.17. The molecule has 0 saturated carbocycles. The third-order valence-corrected chi connectivity index (χ3v) is 5.96. The Labute approximate surface area is 194 Å².